The van der Waals surface area contributed by atoms with Crippen molar-refractivity contribution in [2.45, 2.75) is 22.6 Å². The third-order valence-corrected chi connectivity index (χ3v) is 4.03. The fraction of sp³-hybridized carbons (Fsp3) is 0.182. The molecule has 2 rings (SSSR count). The zero-order valence-corrected chi connectivity index (χ0v) is 10.7. The highest BCUT2D eigenvalue weighted by Crippen LogP contribution is 2.30. The van der Waals surface area contributed by atoms with Gasteiger partial charge >= 0.3 is 5.97 Å². The molecule has 1 N–H and O–H groups in total. The van der Waals surface area contributed by atoms with Crippen LogP contribution in [-0.2, 0) is 6.42 Å². The minimum Gasteiger partial charge on any atom is -0.477 e. The molecule has 0 fully saturated rings. The number of rotatable bonds is 4. The molecule has 0 aliphatic rings. The molecule has 2 aromatic rings. The molecule has 0 aliphatic carbocycles. The third-order valence-electron chi connectivity index (χ3n) is 2.05. The molecule has 0 atom stereocenters. The largest absolute Gasteiger partial charge is 0.477 e. The summed E-state index contributed by atoms with van der Waals surface area (Å²) in [5.74, 6) is -1.01. The van der Waals surface area contributed by atoms with Crippen molar-refractivity contribution >= 4 is 29.1 Å². The van der Waals surface area contributed by atoms with Gasteiger partial charge in [-0.3, -0.25) is 0 Å². The molecule has 17 heavy (non-hydrogen) atoms. The highest BCUT2D eigenvalue weighted by molar-refractivity contribution is 8.01. The van der Waals surface area contributed by atoms with Crippen LogP contribution < -0.4 is 0 Å². The van der Waals surface area contributed by atoms with Crippen molar-refractivity contribution in [3.63, 3.8) is 0 Å². The number of aryl methyl sites for hydroxylation is 1. The van der Waals surface area contributed by atoms with Crippen molar-refractivity contribution in [2.24, 2.45) is 0 Å². The monoisotopic (exact) mass is 266 g/mol. The Morgan fingerprint density at radius 1 is 1.59 bits per heavy atom. The average Bonchev–Trinajstić information content (AvgIpc) is 2.77. The highest BCUT2D eigenvalue weighted by Gasteiger charge is 2.07. The number of aromatic nitrogens is 2. The van der Waals surface area contributed by atoms with Crippen LogP contribution in [0.25, 0.3) is 0 Å². The van der Waals surface area contributed by atoms with Crippen LogP contribution in [-0.4, -0.2) is 21.0 Å². The second-order valence-corrected chi connectivity index (χ2v) is 5.42. The van der Waals surface area contributed by atoms with E-state index in [0.717, 1.165) is 21.3 Å². The molecular formula is C11H10N2O2S2. The second kappa shape index (κ2) is 5.29. The average molecular weight is 266 g/mol. The first-order valence-electron chi connectivity index (χ1n) is 5.00. The van der Waals surface area contributed by atoms with Gasteiger partial charge in [0.1, 0.15) is 5.69 Å². The Balaban J connectivity index is 2.18. The molecule has 4 nitrogen and oxygen atoms in total. The van der Waals surface area contributed by atoms with Gasteiger partial charge in [-0.15, -0.1) is 11.3 Å². The maximum absolute atomic E-state index is 10.8. The molecule has 0 saturated carbocycles. The lowest BCUT2D eigenvalue weighted by Crippen LogP contribution is -1.99. The van der Waals surface area contributed by atoms with E-state index >= 15 is 0 Å². The lowest BCUT2D eigenvalue weighted by Gasteiger charge is -1.98. The van der Waals surface area contributed by atoms with E-state index in [1.807, 2.05) is 5.38 Å². The Labute approximate surface area is 107 Å². The molecule has 0 unspecified atom stereocenters. The number of hydrogen-bond acceptors (Lipinski definition) is 5. The topological polar surface area (TPSA) is 63.1 Å². The van der Waals surface area contributed by atoms with Gasteiger partial charge in [0.2, 0.25) is 0 Å². The van der Waals surface area contributed by atoms with E-state index < -0.39 is 5.97 Å². The molecular weight excluding hydrogens is 256 g/mol. The molecule has 2 heterocycles. The summed E-state index contributed by atoms with van der Waals surface area (Å²) in [6, 6.07) is 3.34. The quantitative estimate of drug-likeness (QED) is 0.921. The van der Waals surface area contributed by atoms with E-state index in [1.54, 1.807) is 23.5 Å². The number of pyridine rings is 1. The van der Waals surface area contributed by atoms with Crippen molar-refractivity contribution in [1.82, 2.24) is 9.97 Å². The summed E-state index contributed by atoms with van der Waals surface area (Å²) < 4.78 is 0.921. The van der Waals surface area contributed by atoms with Gasteiger partial charge in [-0.05, 0) is 18.6 Å². The van der Waals surface area contributed by atoms with Gasteiger partial charge in [0.25, 0.3) is 0 Å². The summed E-state index contributed by atoms with van der Waals surface area (Å²) in [6.45, 7) is 2.05. The van der Waals surface area contributed by atoms with E-state index in [4.69, 9.17) is 5.11 Å². The Hall–Kier alpha value is -1.40. The molecule has 0 aliphatic heterocycles. The van der Waals surface area contributed by atoms with Crippen LogP contribution in [0, 0.1) is 0 Å². The van der Waals surface area contributed by atoms with Gasteiger partial charge in [0, 0.05) is 16.5 Å². The van der Waals surface area contributed by atoms with Gasteiger partial charge in [-0.1, -0.05) is 18.7 Å². The molecule has 0 spiro atoms. The van der Waals surface area contributed by atoms with E-state index in [1.165, 1.54) is 18.0 Å². The molecule has 0 aromatic carbocycles. The second-order valence-electron chi connectivity index (χ2n) is 3.24. The summed E-state index contributed by atoms with van der Waals surface area (Å²) in [7, 11) is 0. The van der Waals surface area contributed by atoms with Crippen molar-refractivity contribution in [3.8, 4) is 0 Å². The molecule has 0 radical (unpaired) electrons. The summed E-state index contributed by atoms with van der Waals surface area (Å²) in [5.41, 5.74) is 1.12. The number of carboxylic acid groups (broad SMARTS) is 1. The van der Waals surface area contributed by atoms with Crippen molar-refractivity contribution < 1.29 is 9.90 Å². The number of carboxylic acids is 1. The summed E-state index contributed by atoms with van der Waals surface area (Å²) in [4.78, 5) is 19.8. The van der Waals surface area contributed by atoms with Crippen LogP contribution in [0.4, 0.5) is 0 Å². The Bertz CT molecular complexity index is 540. The van der Waals surface area contributed by atoms with Crippen LogP contribution in [0.15, 0.2) is 32.9 Å². The van der Waals surface area contributed by atoms with Crippen LogP contribution in [0.1, 0.15) is 23.1 Å². The van der Waals surface area contributed by atoms with E-state index in [0.29, 0.717) is 0 Å². The Morgan fingerprint density at radius 2 is 2.41 bits per heavy atom. The van der Waals surface area contributed by atoms with Crippen LogP contribution in [0.5, 0.6) is 0 Å². The third kappa shape index (κ3) is 3.04. The number of nitrogens with zero attached hydrogens (tertiary/aromatic N) is 2. The number of hydrogen-bond donors (Lipinski definition) is 1. The van der Waals surface area contributed by atoms with Crippen molar-refractivity contribution in [3.05, 3.63) is 35.1 Å². The van der Waals surface area contributed by atoms with Crippen LogP contribution in [0.2, 0.25) is 0 Å². The smallest absolute Gasteiger partial charge is 0.354 e. The van der Waals surface area contributed by atoms with Crippen LogP contribution >= 0.6 is 23.1 Å². The van der Waals surface area contributed by atoms with Gasteiger partial charge in [0.05, 0.1) is 5.69 Å². The summed E-state index contributed by atoms with van der Waals surface area (Å²) in [5, 5.41) is 10.8. The molecule has 0 amide bonds. The zero-order valence-electron chi connectivity index (χ0n) is 9.08. The fourth-order valence-corrected chi connectivity index (χ4v) is 3.11. The fourth-order valence-electron chi connectivity index (χ4n) is 1.19. The number of thiazole rings is 1. The van der Waals surface area contributed by atoms with Gasteiger partial charge in [-0.25, -0.2) is 14.8 Å². The maximum atomic E-state index is 10.8. The summed E-state index contributed by atoms with van der Waals surface area (Å²) in [6.07, 6.45) is 2.41. The van der Waals surface area contributed by atoms with Crippen LogP contribution in [0.3, 0.4) is 0 Å². The lowest BCUT2D eigenvalue weighted by atomic mass is 10.4. The molecule has 0 bridgehead atoms. The Morgan fingerprint density at radius 3 is 3.06 bits per heavy atom. The Kier molecular flexibility index (Phi) is 3.75. The normalized spacial score (nSPS) is 10.4. The standard InChI is InChI=1S/C11H10N2O2S2/c1-2-7-6-16-11(13-7)17-8-3-4-12-9(5-8)10(14)15/h3-6H,2H2,1H3,(H,14,15). The SMILES string of the molecule is CCc1csc(Sc2ccnc(C(=O)O)c2)n1. The maximum Gasteiger partial charge on any atom is 0.354 e. The van der Waals surface area contributed by atoms with Gasteiger partial charge in [-0.2, -0.15) is 0 Å². The number of carbonyl (C=O) groups is 1. The van der Waals surface area contributed by atoms with E-state index in [9.17, 15) is 4.79 Å². The van der Waals surface area contributed by atoms with Gasteiger partial charge < -0.3 is 5.11 Å². The predicted molar refractivity (Wildman–Crippen MR) is 66.8 cm³/mol. The molecule has 88 valence electrons. The minimum atomic E-state index is -1.01. The molecule has 2 aromatic heterocycles. The first-order chi connectivity index (χ1) is 8.19. The first kappa shape index (κ1) is 12.1. The highest BCUT2D eigenvalue weighted by atomic mass is 32.2. The summed E-state index contributed by atoms with van der Waals surface area (Å²) >= 11 is 3.03. The van der Waals surface area contributed by atoms with E-state index in [2.05, 4.69) is 16.9 Å². The predicted octanol–water partition coefficient (Wildman–Crippen LogP) is 2.95. The zero-order chi connectivity index (χ0) is 12.3. The molecule has 6 heteroatoms. The number of aromatic carboxylic acids is 1. The van der Waals surface area contributed by atoms with Crippen molar-refractivity contribution in [1.29, 1.82) is 0 Å². The van der Waals surface area contributed by atoms with E-state index in [-0.39, 0.29) is 5.69 Å². The minimum absolute atomic E-state index is 0.0577. The van der Waals surface area contributed by atoms with Gasteiger partial charge in [0.15, 0.2) is 4.34 Å². The lowest BCUT2D eigenvalue weighted by molar-refractivity contribution is 0.0690. The first-order valence-corrected chi connectivity index (χ1v) is 6.70. The molecule has 0 saturated heterocycles. The van der Waals surface area contributed by atoms with Crippen molar-refractivity contribution in [2.75, 3.05) is 0 Å².